The summed E-state index contributed by atoms with van der Waals surface area (Å²) in [6.07, 6.45) is 5.72. The predicted molar refractivity (Wildman–Crippen MR) is 88.1 cm³/mol. The Hall–Kier alpha value is -1.14. The molecule has 1 saturated carbocycles. The minimum atomic E-state index is -0.688. The molecule has 130 valence electrons. The van der Waals surface area contributed by atoms with Crippen LogP contribution in [0.2, 0.25) is 0 Å². The number of carbonyl (C=O) groups excluding carboxylic acids is 3. The zero-order chi connectivity index (χ0) is 15.9. The number of hydrogen-bond acceptors (Lipinski definition) is 4. The van der Waals surface area contributed by atoms with Crippen molar-refractivity contribution in [3.63, 3.8) is 0 Å². The Morgan fingerprint density at radius 1 is 1.26 bits per heavy atom. The average molecular weight is 344 g/mol. The van der Waals surface area contributed by atoms with Crippen LogP contribution in [-0.4, -0.2) is 46.8 Å². The average Bonchev–Trinajstić information content (AvgIpc) is 3.00. The van der Waals surface area contributed by atoms with E-state index in [1.807, 2.05) is 13.8 Å². The molecular formula is C16H26ClN3O3. The molecule has 7 heteroatoms. The summed E-state index contributed by atoms with van der Waals surface area (Å²) in [5.74, 6) is -0.0224. The summed E-state index contributed by atoms with van der Waals surface area (Å²) in [4.78, 5) is 37.8. The van der Waals surface area contributed by atoms with Gasteiger partial charge in [0.05, 0.1) is 12.5 Å². The first kappa shape index (κ1) is 18.2. The summed E-state index contributed by atoms with van der Waals surface area (Å²) < 4.78 is 0. The standard InChI is InChI=1S/C16H25N3O3.ClH/c1-9(2)19-14(20)8-13(16(19)22)18-15(21)12-7-10-5-3-4-6-11(10)17-12;/h9-13,17H,3-8H2,1-2H3,(H,18,21);1H. The summed E-state index contributed by atoms with van der Waals surface area (Å²) in [6, 6.07) is -0.622. The van der Waals surface area contributed by atoms with E-state index in [9.17, 15) is 14.4 Å². The number of rotatable bonds is 3. The number of fused-ring (bicyclic) bond motifs is 1. The lowest BCUT2D eigenvalue weighted by molar-refractivity contribution is -0.141. The van der Waals surface area contributed by atoms with Gasteiger partial charge in [0, 0.05) is 12.1 Å². The van der Waals surface area contributed by atoms with Crippen LogP contribution in [0, 0.1) is 5.92 Å². The lowest BCUT2D eigenvalue weighted by Crippen LogP contribution is -2.49. The van der Waals surface area contributed by atoms with E-state index in [1.165, 1.54) is 24.2 Å². The number of halogens is 1. The highest BCUT2D eigenvalue weighted by atomic mass is 35.5. The first-order chi connectivity index (χ1) is 10.5. The van der Waals surface area contributed by atoms with Gasteiger partial charge in [-0.3, -0.25) is 19.3 Å². The molecule has 6 nitrogen and oxygen atoms in total. The van der Waals surface area contributed by atoms with Gasteiger partial charge >= 0.3 is 0 Å². The van der Waals surface area contributed by atoms with Crippen molar-refractivity contribution in [2.45, 2.75) is 76.5 Å². The molecule has 3 fully saturated rings. The van der Waals surface area contributed by atoms with Crippen LogP contribution in [0.15, 0.2) is 0 Å². The number of nitrogens with one attached hydrogen (secondary N) is 2. The van der Waals surface area contributed by atoms with E-state index >= 15 is 0 Å². The summed E-state index contributed by atoms with van der Waals surface area (Å²) in [5.41, 5.74) is 0. The molecule has 3 rings (SSSR count). The molecule has 2 heterocycles. The highest BCUT2D eigenvalue weighted by molar-refractivity contribution is 6.07. The van der Waals surface area contributed by atoms with Gasteiger partial charge in [0.15, 0.2) is 0 Å². The predicted octanol–water partition coefficient (Wildman–Crippen LogP) is 0.981. The maximum atomic E-state index is 12.4. The fraction of sp³-hybridized carbons (Fsp3) is 0.812. The molecule has 4 unspecified atom stereocenters. The van der Waals surface area contributed by atoms with E-state index in [4.69, 9.17) is 0 Å². The molecule has 1 aliphatic carbocycles. The second kappa shape index (κ2) is 7.18. The van der Waals surface area contributed by atoms with Crippen LogP contribution in [0.1, 0.15) is 52.4 Å². The Labute approximate surface area is 143 Å². The fourth-order valence-corrected chi connectivity index (χ4v) is 4.10. The number of nitrogens with zero attached hydrogens (tertiary/aromatic N) is 1. The van der Waals surface area contributed by atoms with Gasteiger partial charge in [-0.15, -0.1) is 12.4 Å². The number of hydrogen-bond donors (Lipinski definition) is 2. The summed E-state index contributed by atoms with van der Waals surface area (Å²) in [7, 11) is 0. The van der Waals surface area contributed by atoms with Crippen LogP contribution in [0.5, 0.6) is 0 Å². The van der Waals surface area contributed by atoms with Crippen molar-refractivity contribution in [1.29, 1.82) is 0 Å². The number of amides is 3. The van der Waals surface area contributed by atoms with Crippen molar-refractivity contribution in [3.05, 3.63) is 0 Å². The molecule has 0 aromatic heterocycles. The fourth-order valence-electron chi connectivity index (χ4n) is 4.10. The van der Waals surface area contributed by atoms with Crippen LogP contribution in [-0.2, 0) is 14.4 Å². The lowest BCUT2D eigenvalue weighted by atomic mass is 9.85. The number of imide groups is 1. The molecule has 2 saturated heterocycles. The van der Waals surface area contributed by atoms with Crippen LogP contribution in [0.4, 0.5) is 0 Å². The molecule has 0 spiro atoms. The van der Waals surface area contributed by atoms with Gasteiger partial charge in [-0.25, -0.2) is 0 Å². The van der Waals surface area contributed by atoms with Crippen molar-refractivity contribution in [2.75, 3.05) is 0 Å². The van der Waals surface area contributed by atoms with Gasteiger partial charge in [0.2, 0.25) is 11.8 Å². The maximum Gasteiger partial charge on any atom is 0.252 e. The zero-order valence-corrected chi connectivity index (χ0v) is 14.5. The summed E-state index contributed by atoms with van der Waals surface area (Å²) in [6.45, 7) is 3.62. The smallest absolute Gasteiger partial charge is 0.252 e. The first-order valence-corrected chi connectivity index (χ1v) is 8.39. The van der Waals surface area contributed by atoms with Crippen LogP contribution >= 0.6 is 12.4 Å². The summed E-state index contributed by atoms with van der Waals surface area (Å²) >= 11 is 0. The molecular weight excluding hydrogens is 318 g/mol. The molecule has 2 N–H and O–H groups in total. The van der Waals surface area contributed by atoms with Crippen molar-refractivity contribution >= 4 is 30.1 Å². The first-order valence-electron chi connectivity index (χ1n) is 8.39. The lowest BCUT2D eigenvalue weighted by Gasteiger charge is -2.24. The topological polar surface area (TPSA) is 78.5 Å². The van der Waals surface area contributed by atoms with Gasteiger partial charge in [-0.05, 0) is 39.0 Å². The van der Waals surface area contributed by atoms with E-state index in [0.717, 1.165) is 12.8 Å². The Morgan fingerprint density at radius 2 is 1.96 bits per heavy atom. The molecule has 0 radical (unpaired) electrons. The van der Waals surface area contributed by atoms with Crippen LogP contribution in [0.3, 0.4) is 0 Å². The second-order valence-corrected chi connectivity index (χ2v) is 7.07. The monoisotopic (exact) mass is 343 g/mol. The van der Waals surface area contributed by atoms with E-state index in [1.54, 1.807) is 0 Å². The van der Waals surface area contributed by atoms with Crippen molar-refractivity contribution in [3.8, 4) is 0 Å². The van der Waals surface area contributed by atoms with Crippen molar-refractivity contribution < 1.29 is 14.4 Å². The van der Waals surface area contributed by atoms with E-state index < -0.39 is 6.04 Å². The SMILES string of the molecule is CC(C)N1C(=O)CC(NC(=O)C2CC3CCCCC3N2)C1=O.Cl. The molecule has 0 aromatic carbocycles. The molecule has 23 heavy (non-hydrogen) atoms. The summed E-state index contributed by atoms with van der Waals surface area (Å²) in [5, 5.41) is 6.19. The minimum absolute atomic E-state index is 0. The molecule has 0 aromatic rings. The Morgan fingerprint density at radius 3 is 2.57 bits per heavy atom. The molecule has 3 amide bonds. The van der Waals surface area contributed by atoms with E-state index in [2.05, 4.69) is 10.6 Å². The normalized spacial score (nSPS) is 33.6. The minimum Gasteiger partial charge on any atom is -0.342 e. The largest absolute Gasteiger partial charge is 0.342 e. The van der Waals surface area contributed by atoms with E-state index in [0.29, 0.717) is 12.0 Å². The molecule has 2 aliphatic heterocycles. The Bertz CT molecular complexity index is 483. The van der Waals surface area contributed by atoms with Gasteiger partial charge in [0.1, 0.15) is 6.04 Å². The highest BCUT2D eigenvalue weighted by Gasteiger charge is 2.43. The zero-order valence-electron chi connectivity index (χ0n) is 13.7. The van der Waals surface area contributed by atoms with Crippen LogP contribution < -0.4 is 10.6 Å². The third-order valence-corrected chi connectivity index (χ3v) is 5.20. The van der Waals surface area contributed by atoms with Gasteiger partial charge in [0.25, 0.3) is 5.91 Å². The van der Waals surface area contributed by atoms with E-state index in [-0.39, 0.29) is 48.6 Å². The molecule has 4 atom stereocenters. The van der Waals surface area contributed by atoms with Gasteiger partial charge in [-0.2, -0.15) is 0 Å². The molecule has 0 bridgehead atoms. The van der Waals surface area contributed by atoms with Gasteiger partial charge in [-0.1, -0.05) is 12.8 Å². The Kier molecular flexibility index (Phi) is 5.68. The number of likely N-dealkylation sites (tertiary alicyclic amines) is 1. The third-order valence-electron chi connectivity index (χ3n) is 5.20. The molecule has 3 aliphatic rings. The quantitative estimate of drug-likeness (QED) is 0.749. The van der Waals surface area contributed by atoms with Gasteiger partial charge < -0.3 is 10.6 Å². The Balaban J connectivity index is 0.00000192. The van der Waals surface area contributed by atoms with Crippen molar-refractivity contribution in [2.24, 2.45) is 5.92 Å². The maximum absolute atomic E-state index is 12.4. The van der Waals surface area contributed by atoms with Crippen LogP contribution in [0.25, 0.3) is 0 Å². The second-order valence-electron chi connectivity index (χ2n) is 7.07. The third kappa shape index (κ3) is 3.53. The number of carbonyl (C=O) groups is 3. The highest BCUT2D eigenvalue weighted by Crippen LogP contribution is 2.33. The van der Waals surface area contributed by atoms with Crippen molar-refractivity contribution in [1.82, 2.24) is 15.5 Å².